The number of rotatable bonds is 5. The first-order valence-electron chi connectivity index (χ1n) is 6.24. The van der Waals surface area contributed by atoms with Crippen LogP contribution in [-0.2, 0) is 13.6 Å². The maximum Gasteiger partial charge on any atom is 0.419 e. The Morgan fingerprint density at radius 3 is 2.89 bits per heavy atom. The summed E-state index contributed by atoms with van der Waals surface area (Å²) < 4.78 is 6.66. The molecule has 2 rings (SSSR count). The van der Waals surface area contributed by atoms with Crippen LogP contribution in [0.1, 0.15) is 5.56 Å². The Bertz CT molecular complexity index is 617. The third-order valence-corrected chi connectivity index (χ3v) is 3.16. The molecule has 0 aliphatic heterocycles. The van der Waals surface area contributed by atoms with Crippen molar-refractivity contribution in [2.75, 3.05) is 20.1 Å². The molecule has 4 N–H and O–H groups in total. The summed E-state index contributed by atoms with van der Waals surface area (Å²) in [6.45, 7) is 1.94. The Morgan fingerprint density at radius 1 is 1.47 bits per heavy atom. The van der Waals surface area contributed by atoms with Gasteiger partial charge in [0.05, 0.1) is 5.52 Å². The smallest absolute Gasteiger partial charge is 0.408 e. The molecule has 0 amide bonds. The van der Waals surface area contributed by atoms with Gasteiger partial charge in [0, 0.05) is 32.7 Å². The topological polar surface area (TPSA) is 90.4 Å². The zero-order valence-corrected chi connectivity index (χ0v) is 11.3. The summed E-state index contributed by atoms with van der Waals surface area (Å²) in [6.07, 6.45) is 0. The first-order chi connectivity index (χ1) is 9.01. The van der Waals surface area contributed by atoms with E-state index < -0.39 is 0 Å². The van der Waals surface area contributed by atoms with E-state index in [1.54, 1.807) is 7.05 Å². The number of aromatic nitrogens is 1. The summed E-state index contributed by atoms with van der Waals surface area (Å²) in [6, 6.07) is 5.75. The van der Waals surface area contributed by atoms with Crippen LogP contribution >= 0.6 is 0 Å². The van der Waals surface area contributed by atoms with Crippen LogP contribution in [0.4, 0.5) is 0 Å². The maximum atomic E-state index is 11.4. The predicted octanol–water partition coefficient (Wildman–Crippen LogP) is -0.151. The summed E-state index contributed by atoms with van der Waals surface area (Å²) in [5.74, 6) is -0.342. The highest BCUT2D eigenvalue weighted by Crippen LogP contribution is 2.15. The quantitative estimate of drug-likeness (QED) is 0.783. The highest BCUT2D eigenvalue weighted by atomic mass is 16.4. The fourth-order valence-electron chi connectivity index (χ4n) is 2.13. The lowest BCUT2D eigenvalue weighted by molar-refractivity contribution is 0.305. The van der Waals surface area contributed by atoms with Gasteiger partial charge < -0.3 is 20.8 Å². The average Bonchev–Trinajstić information content (AvgIpc) is 2.64. The summed E-state index contributed by atoms with van der Waals surface area (Å²) >= 11 is 0. The Hall–Kier alpha value is -1.63. The standard InChI is InChI=1S/C13H20N4O2/c1-16(8-10(15)6-14)7-9-3-4-11-12(5-9)19-13(18)17(11)2/h3-5,10H,6-8,14-15H2,1-2H3. The molecule has 1 atom stereocenters. The molecule has 1 unspecified atom stereocenters. The first-order valence-corrected chi connectivity index (χ1v) is 6.24. The lowest BCUT2D eigenvalue weighted by atomic mass is 10.2. The molecule has 0 spiro atoms. The molecule has 0 saturated carbocycles. The molecule has 2 aromatic rings. The fourth-order valence-corrected chi connectivity index (χ4v) is 2.13. The van der Waals surface area contributed by atoms with Gasteiger partial charge in [-0.25, -0.2) is 4.79 Å². The number of aryl methyl sites for hydroxylation is 1. The minimum Gasteiger partial charge on any atom is -0.408 e. The number of nitrogens with zero attached hydrogens (tertiary/aromatic N) is 2. The summed E-state index contributed by atoms with van der Waals surface area (Å²) in [5.41, 5.74) is 13.8. The monoisotopic (exact) mass is 264 g/mol. The summed E-state index contributed by atoms with van der Waals surface area (Å²) in [4.78, 5) is 13.5. The highest BCUT2D eigenvalue weighted by molar-refractivity contribution is 5.73. The van der Waals surface area contributed by atoms with Crippen molar-refractivity contribution in [3.63, 3.8) is 0 Å². The van der Waals surface area contributed by atoms with Gasteiger partial charge in [-0.3, -0.25) is 4.57 Å². The van der Waals surface area contributed by atoms with E-state index in [1.165, 1.54) is 4.57 Å². The van der Waals surface area contributed by atoms with Gasteiger partial charge in [0.25, 0.3) is 0 Å². The zero-order valence-electron chi connectivity index (χ0n) is 11.3. The van der Waals surface area contributed by atoms with Crippen molar-refractivity contribution in [2.24, 2.45) is 18.5 Å². The molecule has 0 aliphatic rings. The number of hydrogen-bond donors (Lipinski definition) is 2. The molecule has 0 radical (unpaired) electrons. The van der Waals surface area contributed by atoms with Crippen molar-refractivity contribution in [3.8, 4) is 0 Å². The number of benzene rings is 1. The molecule has 0 fully saturated rings. The minimum absolute atomic E-state index is 0.0246. The van der Waals surface area contributed by atoms with E-state index in [9.17, 15) is 4.79 Å². The van der Waals surface area contributed by atoms with Crippen LogP contribution in [0.2, 0.25) is 0 Å². The van der Waals surface area contributed by atoms with E-state index in [0.717, 1.165) is 24.2 Å². The molecule has 0 aliphatic carbocycles. The number of fused-ring (bicyclic) bond motifs is 1. The molecule has 19 heavy (non-hydrogen) atoms. The van der Waals surface area contributed by atoms with Gasteiger partial charge in [-0.05, 0) is 24.7 Å². The molecule has 1 aromatic heterocycles. The van der Waals surface area contributed by atoms with Crippen LogP contribution in [0, 0.1) is 0 Å². The third-order valence-electron chi connectivity index (χ3n) is 3.16. The molecule has 0 saturated heterocycles. The third kappa shape index (κ3) is 3.04. The van der Waals surface area contributed by atoms with E-state index in [-0.39, 0.29) is 11.8 Å². The van der Waals surface area contributed by atoms with Crippen molar-refractivity contribution in [3.05, 3.63) is 34.3 Å². The lowest BCUT2D eigenvalue weighted by Crippen LogP contribution is -2.40. The van der Waals surface area contributed by atoms with Crippen LogP contribution in [0.25, 0.3) is 11.1 Å². The predicted molar refractivity (Wildman–Crippen MR) is 74.8 cm³/mol. The minimum atomic E-state index is -0.342. The largest absolute Gasteiger partial charge is 0.419 e. The summed E-state index contributed by atoms with van der Waals surface area (Å²) in [7, 11) is 3.68. The van der Waals surface area contributed by atoms with Gasteiger partial charge in [-0.1, -0.05) is 6.07 Å². The molecule has 1 aromatic carbocycles. The Kier molecular flexibility index (Phi) is 4.04. The average molecular weight is 264 g/mol. The van der Waals surface area contributed by atoms with E-state index in [1.807, 2.05) is 25.2 Å². The van der Waals surface area contributed by atoms with Crippen LogP contribution in [0.15, 0.2) is 27.4 Å². The molecule has 6 nitrogen and oxygen atoms in total. The van der Waals surface area contributed by atoms with Crippen molar-refractivity contribution in [1.29, 1.82) is 0 Å². The SMILES string of the molecule is CN(Cc1ccc2c(c1)oc(=O)n2C)CC(N)CN. The van der Waals surface area contributed by atoms with Crippen LogP contribution in [-0.4, -0.2) is 35.6 Å². The fraction of sp³-hybridized carbons (Fsp3) is 0.462. The highest BCUT2D eigenvalue weighted by Gasteiger charge is 2.09. The number of likely N-dealkylation sites (N-methyl/N-ethyl adjacent to an activating group) is 1. The van der Waals surface area contributed by atoms with Crippen LogP contribution in [0.3, 0.4) is 0 Å². The van der Waals surface area contributed by atoms with Gasteiger partial charge in [-0.2, -0.15) is 0 Å². The van der Waals surface area contributed by atoms with Crippen LogP contribution in [0.5, 0.6) is 0 Å². The molecule has 1 heterocycles. The molecule has 6 heteroatoms. The first kappa shape index (κ1) is 13.8. The normalized spacial score (nSPS) is 13.3. The van der Waals surface area contributed by atoms with Crippen molar-refractivity contribution >= 4 is 11.1 Å². The van der Waals surface area contributed by atoms with Gasteiger partial charge in [0.2, 0.25) is 0 Å². The number of nitrogens with two attached hydrogens (primary N) is 2. The van der Waals surface area contributed by atoms with Crippen LogP contribution < -0.4 is 17.2 Å². The molecule has 104 valence electrons. The van der Waals surface area contributed by atoms with Gasteiger partial charge in [0.1, 0.15) is 0 Å². The van der Waals surface area contributed by atoms with E-state index >= 15 is 0 Å². The van der Waals surface area contributed by atoms with Gasteiger partial charge in [-0.15, -0.1) is 0 Å². The van der Waals surface area contributed by atoms with Gasteiger partial charge in [0.15, 0.2) is 5.58 Å². The lowest BCUT2D eigenvalue weighted by Gasteiger charge is -2.20. The number of oxazole rings is 1. The van der Waals surface area contributed by atoms with E-state index in [4.69, 9.17) is 15.9 Å². The second-order valence-corrected chi connectivity index (χ2v) is 4.92. The van der Waals surface area contributed by atoms with Crippen molar-refractivity contribution in [1.82, 2.24) is 9.47 Å². The number of hydrogen-bond acceptors (Lipinski definition) is 5. The molecular weight excluding hydrogens is 244 g/mol. The second-order valence-electron chi connectivity index (χ2n) is 4.92. The maximum absolute atomic E-state index is 11.4. The zero-order chi connectivity index (χ0) is 14.0. The second kappa shape index (κ2) is 5.56. The molecule has 0 bridgehead atoms. The Balaban J connectivity index is 2.15. The Labute approximate surface area is 111 Å². The van der Waals surface area contributed by atoms with E-state index in [2.05, 4.69) is 4.90 Å². The van der Waals surface area contributed by atoms with Crippen molar-refractivity contribution < 1.29 is 4.42 Å². The summed E-state index contributed by atoms with van der Waals surface area (Å²) in [5, 5.41) is 0. The molecular formula is C13H20N4O2. The van der Waals surface area contributed by atoms with Gasteiger partial charge >= 0.3 is 5.76 Å². The van der Waals surface area contributed by atoms with E-state index in [0.29, 0.717) is 12.1 Å². The Morgan fingerprint density at radius 2 is 2.21 bits per heavy atom. The van der Waals surface area contributed by atoms with Crippen molar-refractivity contribution in [2.45, 2.75) is 12.6 Å².